The molecule has 0 aliphatic carbocycles. The molecule has 162 valence electrons. The van der Waals surface area contributed by atoms with Gasteiger partial charge in [0.2, 0.25) is 0 Å². The minimum atomic E-state index is -4.17. The molecule has 2 N–H and O–H groups in total. The summed E-state index contributed by atoms with van der Waals surface area (Å²) < 4.78 is 39.7. The van der Waals surface area contributed by atoms with Crippen LogP contribution in [0.25, 0.3) is 0 Å². The summed E-state index contributed by atoms with van der Waals surface area (Å²) in [7, 11) is 1.87. The monoisotopic (exact) mass is 543 g/mol. The van der Waals surface area contributed by atoms with Crippen molar-refractivity contribution in [2.45, 2.75) is 38.7 Å². The normalized spacial score (nSPS) is 18.0. The lowest BCUT2D eigenvalue weighted by molar-refractivity contribution is -0.143. The summed E-state index contributed by atoms with van der Waals surface area (Å²) in [5.41, 5.74) is 0. The second-order valence-corrected chi connectivity index (χ2v) is 7.83. The summed E-state index contributed by atoms with van der Waals surface area (Å²) in [5, 5.41) is 16.6. The highest BCUT2D eigenvalue weighted by Gasteiger charge is 2.34. The summed E-state index contributed by atoms with van der Waals surface area (Å²) in [6.45, 7) is 2.66. The van der Waals surface area contributed by atoms with E-state index in [2.05, 4.69) is 25.8 Å². The van der Waals surface area contributed by atoms with Gasteiger partial charge < -0.3 is 15.2 Å². The third-order valence-corrected chi connectivity index (χ3v) is 5.46. The molecule has 3 heterocycles. The number of nitrogens with zero attached hydrogens (tertiary/aromatic N) is 5. The van der Waals surface area contributed by atoms with Crippen LogP contribution in [0.1, 0.15) is 22.9 Å². The van der Waals surface area contributed by atoms with Crippen molar-refractivity contribution in [3.8, 4) is 0 Å². The molecule has 1 saturated heterocycles. The van der Waals surface area contributed by atoms with Crippen LogP contribution in [-0.4, -0.2) is 57.5 Å². The van der Waals surface area contributed by atoms with Gasteiger partial charge >= 0.3 is 6.18 Å². The van der Waals surface area contributed by atoms with Gasteiger partial charge in [-0.25, -0.2) is 4.99 Å². The summed E-state index contributed by atoms with van der Waals surface area (Å²) in [6.07, 6.45) is -3.54. The van der Waals surface area contributed by atoms with E-state index < -0.39 is 12.7 Å². The molecule has 0 bridgehead atoms. The highest BCUT2D eigenvalue weighted by Crippen LogP contribution is 2.20. The molecule has 29 heavy (non-hydrogen) atoms. The van der Waals surface area contributed by atoms with Crippen LogP contribution in [0.5, 0.6) is 0 Å². The second kappa shape index (κ2) is 10.6. The van der Waals surface area contributed by atoms with Gasteiger partial charge in [-0.15, -0.1) is 45.5 Å². The maximum atomic E-state index is 12.6. The Kier molecular flexibility index (Phi) is 8.70. The zero-order valence-electron chi connectivity index (χ0n) is 16.2. The highest BCUT2D eigenvalue weighted by molar-refractivity contribution is 14.0. The molecule has 2 aromatic heterocycles. The van der Waals surface area contributed by atoms with Gasteiger partial charge in [-0.3, -0.25) is 4.90 Å². The molecular weight excluding hydrogens is 518 g/mol. The quantitative estimate of drug-likeness (QED) is 0.333. The predicted octanol–water partition coefficient (Wildman–Crippen LogP) is 2.68. The number of guanidine groups is 1. The van der Waals surface area contributed by atoms with Gasteiger partial charge in [0.1, 0.15) is 12.4 Å². The Morgan fingerprint density at radius 3 is 2.79 bits per heavy atom. The van der Waals surface area contributed by atoms with Gasteiger partial charge in [-0.05, 0) is 24.8 Å². The molecule has 0 aromatic carbocycles. The molecule has 1 atom stereocenters. The van der Waals surface area contributed by atoms with Crippen LogP contribution in [0.15, 0.2) is 22.5 Å². The average molecular weight is 543 g/mol. The zero-order valence-corrected chi connectivity index (χ0v) is 19.4. The first-order valence-electron chi connectivity index (χ1n) is 9.01. The van der Waals surface area contributed by atoms with E-state index >= 15 is 0 Å². The smallest absolute Gasteiger partial charge is 0.352 e. The fourth-order valence-electron chi connectivity index (χ4n) is 3.02. The fourth-order valence-corrected chi connectivity index (χ4v) is 3.66. The largest absolute Gasteiger partial charge is 0.401 e. The van der Waals surface area contributed by atoms with Gasteiger partial charge in [-0.2, -0.15) is 13.2 Å². The molecule has 12 heteroatoms. The van der Waals surface area contributed by atoms with Crippen molar-refractivity contribution in [1.29, 1.82) is 0 Å². The van der Waals surface area contributed by atoms with Crippen LogP contribution in [0.4, 0.5) is 13.2 Å². The molecule has 0 spiro atoms. The summed E-state index contributed by atoms with van der Waals surface area (Å²) in [4.78, 5) is 7.13. The molecule has 2 aromatic rings. The van der Waals surface area contributed by atoms with Crippen LogP contribution in [0.3, 0.4) is 0 Å². The summed E-state index contributed by atoms with van der Waals surface area (Å²) in [5.74, 6) is 2.08. The van der Waals surface area contributed by atoms with E-state index in [1.165, 1.54) is 4.90 Å². The molecule has 1 aliphatic rings. The van der Waals surface area contributed by atoms with Crippen LogP contribution < -0.4 is 10.6 Å². The molecule has 0 amide bonds. The molecule has 0 radical (unpaired) electrons. The number of aryl methyl sites for hydroxylation is 1. The Hall–Kier alpha value is -1.41. The number of alkyl halides is 3. The van der Waals surface area contributed by atoms with E-state index in [9.17, 15) is 13.2 Å². The van der Waals surface area contributed by atoms with Crippen molar-refractivity contribution in [2.24, 2.45) is 12.0 Å². The average Bonchev–Trinajstić information content (AvgIpc) is 3.34. The summed E-state index contributed by atoms with van der Waals surface area (Å²) in [6, 6.07) is 3.90. The maximum Gasteiger partial charge on any atom is 0.401 e. The van der Waals surface area contributed by atoms with E-state index in [0.717, 1.165) is 16.5 Å². The lowest BCUT2D eigenvalue weighted by Gasteiger charge is -2.20. The Balaban J connectivity index is 0.00000300. The Bertz CT molecular complexity index is 792. The maximum absolute atomic E-state index is 12.6. The third kappa shape index (κ3) is 7.41. The number of likely N-dealkylation sites (tertiary alicyclic amines) is 1. The molecule has 1 fully saturated rings. The topological polar surface area (TPSA) is 70.4 Å². The Labute approximate surface area is 188 Å². The van der Waals surface area contributed by atoms with E-state index in [1.54, 1.807) is 11.3 Å². The number of nitrogens with one attached hydrogen (secondary N) is 2. The SMILES string of the molecule is Cc1nnc(CN=C(NCc2cccs2)NC2CCN(CC(F)(F)F)C2)n1C.I. The lowest BCUT2D eigenvalue weighted by atomic mass is 10.3. The third-order valence-electron chi connectivity index (χ3n) is 4.59. The number of rotatable bonds is 6. The summed E-state index contributed by atoms with van der Waals surface area (Å²) >= 11 is 1.63. The minimum Gasteiger partial charge on any atom is -0.352 e. The Morgan fingerprint density at radius 2 is 2.17 bits per heavy atom. The first kappa shape index (κ1) is 23.9. The van der Waals surface area contributed by atoms with E-state index in [4.69, 9.17) is 0 Å². The first-order chi connectivity index (χ1) is 13.3. The van der Waals surface area contributed by atoms with E-state index in [1.807, 2.05) is 36.1 Å². The van der Waals surface area contributed by atoms with Crippen molar-refractivity contribution >= 4 is 41.3 Å². The van der Waals surface area contributed by atoms with Gasteiger partial charge in [0.15, 0.2) is 11.8 Å². The van der Waals surface area contributed by atoms with E-state index in [-0.39, 0.29) is 30.0 Å². The minimum absolute atomic E-state index is 0. The van der Waals surface area contributed by atoms with Crippen LogP contribution in [-0.2, 0) is 20.1 Å². The van der Waals surface area contributed by atoms with E-state index in [0.29, 0.717) is 38.6 Å². The van der Waals surface area contributed by atoms with Crippen molar-refractivity contribution in [3.05, 3.63) is 34.0 Å². The van der Waals surface area contributed by atoms with Crippen molar-refractivity contribution < 1.29 is 13.2 Å². The molecular formula is C17H25F3IN7S. The molecule has 0 saturated carbocycles. The molecule has 1 unspecified atom stereocenters. The lowest BCUT2D eigenvalue weighted by Crippen LogP contribution is -2.45. The van der Waals surface area contributed by atoms with Gasteiger partial charge in [-0.1, -0.05) is 6.07 Å². The standard InChI is InChI=1S/C17H24F3N7S.HI/c1-12-24-25-15(26(12)2)9-22-16(21-8-14-4-3-7-28-14)23-13-5-6-27(10-13)11-17(18,19)20;/h3-4,7,13H,5-6,8-11H2,1-2H3,(H2,21,22,23);1H. The zero-order chi connectivity index (χ0) is 20.1. The Morgan fingerprint density at radius 1 is 1.38 bits per heavy atom. The van der Waals surface area contributed by atoms with Gasteiger partial charge in [0.25, 0.3) is 0 Å². The predicted molar refractivity (Wildman–Crippen MR) is 117 cm³/mol. The van der Waals surface area contributed by atoms with Crippen molar-refractivity contribution in [3.63, 3.8) is 0 Å². The van der Waals surface area contributed by atoms with Crippen molar-refractivity contribution in [1.82, 2.24) is 30.3 Å². The second-order valence-electron chi connectivity index (χ2n) is 6.80. The van der Waals surface area contributed by atoms with Crippen LogP contribution >= 0.6 is 35.3 Å². The van der Waals surface area contributed by atoms with Gasteiger partial charge in [0, 0.05) is 31.1 Å². The number of hydrogen-bond acceptors (Lipinski definition) is 5. The first-order valence-corrected chi connectivity index (χ1v) is 9.89. The fraction of sp³-hybridized carbons (Fsp3) is 0.588. The molecule has 1 aliphatic heterocycles. The van der Waals surface area contributed by atoms with Crippen molar-refractivity contribution in [2.75, 3.05) is 19.6 Å². The molecule has 7 nitrogen and oxygen atoms in total. The number of thiophene rings is 1. The highest BCUT2D eigenvalue weighted by atomic mass is 127. The van der Waals surface area contributed by atoms with Gasteiger partial charge in [0.05, 0.1) is 13.1 Å². The number of aromatic nitrogens is 3. The van der Waals surface area contributed by atoms with Crippen LogP contribution in [0, 0.1) is 6.92 Å². The number of hydrogen-bond donors (Lipinski definition) is 2. The number of aliphatic imine (C=N–C) groups is 1. The van der Waals surface area contributed by atoms with Crippen LogP contribution in [0.2, 0.25) is 0 Å². The number of halogens is 4. The molecule has 3 rings (SSSR count).